The molecule has 1 amide bonds. The first kappa shape index (κ1) is 16.6. The number of piperidine rings is 2. The highest BCUT2D eigenvalue weighted by atomic mass is 16.2. The summed E-state index contributed by atoms with van der Waals surface area (Å²) in [5.74, 6) is 1.66. The summed E-state index contributed by atoms with van der Waals surface area (Å²) in [6.45, 7) is 6.86. The van der Waals surface area contributed by atoms with Crippen molar-refractivity contribution < 1.29 is 4.79 Å². The van der Waals surface area contributed by atoms with Crippen LogP contribution in [-0.4, -0.2) is 51.9 Å². The Kier molecular flexibility index (Phi) is 4.75. The summed E-state index contributed by atoms with van der Waals surface area (Å²) in [4.78, 5) is 25.3. The third kappa shape index (κ3) is 3.71. The maximum Gasteiger partial charge on any atom is 0.225 e. The second kappa shape index (κ2) is 7.16. The van der Waals surface area contributed by atoms with Gasteiger partial charge in [0.15, 0.2) is 0 Å². The molecule has 1 aromatic heterocycles. The molecule has 1 N–H and O–H groups in total. The van der Waals surface area contributed by atoms with Crippen LogP contribution >= 0.6 is 0 Å². The van der Waals surface area contributed by atoms with E-state index in [1.54, 1.807) is 0 Å². The molecule has 3 heterocycles. The lowest BCUT2D eigenvalue weighted by molar-refractivity contribution is -0.138. The number of amides is 1. The molecule has 1 aromatic carbocycles. The van der Waals surface area contributed by atoms with Crippen LogP contribution in [0.4, 0.5) is 0 Å². The second-order valence-electron chi connectivity index (χ2n) is 7.64. The smallest absolute Gasteiger partial charge is 0.225 e. The van der Waals surface area contributed by atoms with Crippen molar-refractivity contribution in [2.45, 2.75) is 45.6 Å². The van der Waals surface area contributed by atoms with E-state index in [0.717, 1.165) is 62.4 Å². The maximum absolute atomic E-state index is 12.7. The van der Waals surface area contributed by atoms with Crippen molar-refractivity contribution in [2.24, 2.45) is 5.92 Å². The molecule has 0 radical (unpaired) electrons. The van der Waals surface area contributed by atoms with Crippen LogP contribution in [-0.2, 0) is 11.3 Å². The van der Waals surface area contributed by atoms with Crippen molar-refractivity contribution in [3.05, 3.63) is 29.6 Å². The molecule has 134 valence electrons. The zero-order chi connectivity index (χ0) is 17.2. The lowest BCUT2D eigenvalue weighted by Crippen LogP contribution is -2.44. The van der Waals surface area contributed by atoms with Crippen LogP contribution in [0.5, 0.6) is 0 Å². The zero-order valence-electron chi connectivity index (χ0n) is 15.1. The molecule has 2 aliphatic rings. The first-order valence-corrected chi connectivity index (χ1v) is 9.65. The minimum atomic E-state index is 0.229. The molecule has 5 nitrogen and oxygen atoms in total. The molecule has 5 heteroatoms. The monoisotopic (exact) mass is 340 g/mol. The number of likely N-dealkylation sites (tertiary alicyclic amines) is 2. The highest BCUT2D eigenvalue weighted by Gasteiger charge is 2.29. The number of aromatic nitrogens is 2. The highest BCUT2D eigenvalue weighted by molar-refractivity contribution is 5.79. The van der Waals surface area contributed by atoms with Crippen LogP contribution in [0, 0.1) is 12.8 Å². The molecule has 0 unspecified atom stereocenters. The van der Waals surface area contributed by atoms with E-state index in [1.165, 1.54) is 24.8 Å². The average Bonchev–Trinajstić information content (AvgIpc) is 3.04. The molecule has 0 saturated carbocycles. The topological polar surface area (TPSA) is 52.2 Å². The van der Waals surface area contributed by atoms with Gasteiger partial charge < -0.3 is 9.88 Å². The van der Waals surface area contributed by atoms with Gasteiger partial charge in [0.1, 0.15) is 5.82 Å². The lowest BCUT2D eigenvalue weighted by Gasteiger charge is -2.35. The summed E-state index contributed by atoms with van der Waals surface area (Å²) >= 11 is 0. The minimum Gasteiger partial charge on any atom is -0.342 e. The van der Waals surface area contributed by atoms with Gasteiger partial charge >= 0.3 is 0 Å². The number of nitrogens with one attached hydrogen (secondary N) is 1. The Morgan fingerprint density at radius 2 is 1.92 bits per heavy atom. The molecule has 25 heavy (non-hydrogen) atoms. The molecular weight excluding hydrogens is 312 g/mol. The lowest BCUT2D eigenvalue weighted by atomic mass is 9.94. The summed E-state index contributed by atoms with van der Waals surface area (Å²) in [5.41, 5.74) is 3.40. The van der Waals surface area contributed by atoms with Crippen LogP contribution < -0.4 is 0 Å². The zero-order valence-corrected chi connectivity index (χ0v) is 15.1. The molecule has 4 rings (SSSR count). The third-order valence-corrected chi connectivity index (χ3v) is 5.66. The third-order valence-electron chi connectivity index (χ3n) is 5.66. The standard InChI is InChI=1S/C20H28N4O/c1-15-5-6-17-18(13-15)22-19(21-17)14-23-11-7-16(8-12-23)20(25)24-9-3-2-4-10-24/h5-6,13,16H,2-4,7-12,14H2,1H3,(H,21,22). The fourth-order valence-corrected chi connectivity index (χ4v) is 4.17. The average molecular weight is 340 g/mol. The predicted octanol–water partition coefficient (Wildman–Crippen LogP) is 3.10. The molecule has 2 aliphatic heterocycles. The first-order valence-electron chi connectivity index (χ1n) is 9.65. The van der Waals surface area contributed by atoms with Gasteiger partial charge in [0.2, 0.25) is 5.91 Å². The second-order valence-corrected chi connectivity index (χ2v) is 7.64. The van der Waals surface area contributed by atoms with E-state index in [9.17, 15) is 4.79 Å². The Bertz CT molecular complexity index is 739. The van der Waals surface area contributed by atoms with E-state index in [1.807, 2.05) is 0 Å². The van der Waals surface area contributed by atoms with E-state index in [0.29, 0.717) is 5.91 Å². The van der Waals surface area contributed by atoms with Crippen molar-refractivity contribution in [2.75, 3.05) is 26.2 Å². The van der Waals surface area contributed by atoms with Gasteiger partial charge in [-0.2, -0.15) is 0 Å². The largest absolute Gasteiger partial charge is 0.342 e. The predicted molar refractivity (Wildman–Crippen MR) is 99.3 cm³/mol. The van der Waals surface area contributed by atoms with Gasteiger partial charge in [0.25, 0.3) is 0 Å². The summed E-state index contributed by atoms with van der Waals surface area (Å²) < 4.78 is 0. The van der Waals surface area contributed by atoms with Gasteiger partial charge in [-0.15, -0.1) is 0 Å². The molecule has 2 aromatic rings. The van der Waals surface area contributed by atoms with E-state index in [4.69, 9.17) is 4.98 Å². The van der Waals surface area contributed by atoms with E-state index >= 15 is 0 Å². The van der Waals surface area contributed by atoms with Crippen LogP contribution in [0.2, 0.25) is 0 Å². The number of nitrogens with zero attached hydrogens (tertiary/aromatic N) is 3. The Balaban J connectivity index is 1.32. The van der Waals surface area contributed by atoms with Gasteiger partial charge in [-0.05, 0) is 69.8 Å². The SMILES string of the molecule is Cc1ccc2nc(CN3CCC(C(=O)N4CCCCC4)CC3)[nH]c2c1. The Labute approximate surface area is 149 Å². The van der Waals surface area contributed by atoms with Crippen LogP contribution in [0.1, 0.15) is 43.5 Å². The van der Waals surface area contributed by atoms with Crippen molar-refractivity contribution in [3.63, 3.8) is 0 Å². The quantitative estimate of drug-likeness (QED) is 0.934. The number of hydrogen-bond donors (Lipinski definition) is 1. The molecule has 0 aliphatic carbocycles. The van der Waals surface area contributed by atoms with Crippen molar-refractivity contribution in [1.29, 1.82) is 0 Å². The number of rotatable bonds is 3. The summed E-state index contributed by atoms with van der Waals surface area (Å²) in [7, 11) is 0. The number of aryl methyl sites for hydroxylation is 1. The highest BCUT2D eigenvalue weighted by Crippen LogP contribution is 2.23. The fraction of sp³-hybridized carbons (Fsp3) is 0.600. The molecule has 0 atom stereocenters. The number of carbonyl (C=O) groups is 1. The summed E-state index contributed by atoms with van der Waals surface area (Å²) in [5, 5.41) is 0. The van der Waals surface area contributed by atoms with E-state index in [2.05, 4.69) is 39.9 Å². The van der Waals surface area contributed by atoms with Gasteiger partial charge in [0.05, 0.1) is 17.6 Å². The molecule has 2 saturated heterocycles. The van der Waals surface area contributed by atoms with Crippen LogP contribution in [0.15, 0.2) is 18.2 Å². The molecule has 0 spiro atoms. The fourth-order valence-electron chi connectivity index (χ4n) is 4.17. The molecule has 2 fully saturated rings. The van der Waals surface area contributed by atoms with E-state index < -0.39 is 0 Å². The van der Waals surface area contributed by atoms with Gasteiger partial charge in [-0.1, -0.05) is 6.07 Å². The van der Waals surface area contributed by atoms with E-state index in [-0.39, 0.29) is 5.92 Å². The Morgan fingerprint density at radius 3 is 2.68 bits per heavy atom. The van der Waals surface area contributed by atoms with Crippen molar-refractivity contribution in [3.8, 4) is 0 Å². The number of H-pyrrole nitrogens is 1. The van der Waals surface area contributed by atoms with Crippen LogP contribution in [0.25, 0.3) is 11.0 Å². The van der Waals surface area contributed by atoms with Gasteiger partial charge in [-0.25, -0.2) is 4.98 Å². The normalized spacial score (nSPS) is 20.3. The number of hydrogen-bond acceptors (Lipinski definition) is 3. The summed E-state index contributed by atoms with van der Waals surface area (Å²) in [6.07, 6.45) is 5.59. The molecule has 0 bridgehead atoms. The van der Waals surface area contributed by atoms with Crippen LogP contribution in [0.3, 0.4) is 0 Å². The van der Waals surface area contributed by atoms with Crippen molar-refractivity contribution in [1.82, 2.24) is 19.8 Å². The Hall–Kier alpha value is -1.88. The summed E-state index contributed by atoms with van der Waals surface area (Å²) in [6, 6.07) is 6.33. The molecular formula is C20H28N4O. The minimum absolute atomic E-state index is 0.229. The van der Waals surface area contributed by atoms with Gasteiger partial charge in [0, 0.05) is 19.0 Å². The number of aromatic amines is 1. The number of fused-ring (bicyclic) bond motifs is 1. The first-order chi connectivity index (χ1) is 12.2. The maximum atomic E-state index is 12.7. The number of benzene rings is 1. The number of carbonyl (C=O) groups excluding carboxylic acids is 1. The van der Waals surface area contributed by atoms with Crippen molar-refractivity contribution >= 4 is 16.9 Å². The number of imidazole rings is 1. The Morgan fingerprint density at radius 1 is 1.16 bits per heavy atom. The van der Waals surface area contributed by atoms with Gasteiger partial charge in [-0.3, -0.25) is 9.69 Å².